The van der Waals surface area contributed by atoms with E-state index < -0.39 is 0 Å². The van der Waals surface area contributed by atoms with Crippen LogP contribution in [0.4, 0.5) is 0 Å². The molecule has 1 saturated heterocycles. The van der Waals surface area contributed by atoms with Gasteiger partial charge in [-0.3, -0.25) is 5.01 Å². The Labute approximate surface area is 60.8 Å². The Morgan fingerprint density at radius 2 is 2.20 bits per heavy atom. The third kappa shape index (κ3) is 2.77. The lowest BCUT2D eigenvalue weighted by Crippen LogP contribution is -2.10. The van der Waals surface area contributed by atoms with E-state index in [4.69, 9.17) is 5.11 Å². The Bertz CT molecular complexity index is 97.7. The van der Waals surface area contributed by atoms with Crippen LogP contribution in [0.25, 0.3) is 0 Å². The predicted octanol–water partition coefficient (Wildman–Crippen LogP) is 0.618. The van der Waals surface area contributed by atoms with Gasteiger partial charge >= 0.3 is 0 Å². The average Bonchev–Trinajstić information content (AvgIpc) is 2.40. The highest BCUT2D eigenvalue weighted by Gasteiger charge is 2.16. The third-order valence-corrected chi connectivity index (χ3v) is 1.52. The minimum absolute atomic E-state index is 0.660. The van der Waals surface area contributed by atoms with Crippen LogP contribution in [0, 0.1) is 10.8 Å². The van der Waals surface area contributed by atoms with Crippen molar-refractivity contribution in [2.45, 2.75) is 13.3 Å². The molecule has 1 unspecified atom stereocenters. The molecule has 0 aromatic carbocycles. The minimum atomic E-state index is 0.660. The number of rotatable bonds is 1. The molecule has 0 bridgehead atoms. The zero-order chi connectivity index (χ0) is 7.98. The van der Waals surface area contributed by atoms with Gasteiger partial charge in [0, 0.05) is 20.2 Å². The topological polar surface area (TPSA) is 52.9 Å². The molecule has 10 heavy (non-hydrogen) atoms. The summed E-state index contributed by atoms with van der Waals surface area (Å²) in [6.07, 6.45) is 1.12. The molecule has 0 saturated carbocycles. The van der Waals surface area contributed by atoms with Gasteiger partial charge in [-0.25, -0.2) is 0 Å². The Morgan fingerprint density at radius 3 is 2.40 bits per heavy atom. The highest BCUT2D eigenvalue weighted by atomic mass is 16.3. The monoisotopic (exact) mass is 146 g/mol. The van der Waals surface area contributed by atoms with Crippen LogP contribution < -0.4 is 0 Å². The summed E-state index contributed by atoms with van der Waals surface area (Å²) in [4.78, 5) is 9.83. The number of nitroso groups, excluding NO2 is 1. The van der Waals surface area contributed by atoms with Crippen LogP contribution in [-0.2, 0) is 0 Å². The van der Waals surface area contributed by atoms with E-state index in [1.165, 1.54) is 0 Å². The molecule has 60 valence electrons. The largest absolute Gasteiger partial charge is 0.400 e. The Hall–Kier alpha value is -0.640. The van der Waals surface area contributed by atoms with Gasteiger partial charge in [-0.1, -0.05) is 6.92 Å². The first-order valence-electron chi connectivity index (χ1n) is 3.36. The molecule has 0 spiro atoms. The average molecular weight is 146 g/mol. The first-order chi connectivity index (χ1) is 4.83. The van der Waals surface area contributed by atoms with Gasteiger partial charge in [0.1, 0.15) is 0 Å². The number of aliphatic hydroxyl groups excluding tert-OH is 1. The highest BCUT2D eigenvalue weighted by Crippen LogP contribution is 2.13. The van der Waals surface area contributed by atoms with Crippen molar-refractivity contribution >= 4 is 0 Å². The summed E-state index contributed by atoms with van der Waals surface area (Å²) in [6, 6.07) is 0. The van der Waals surface area contributed by atoms with Crippen LogP contribution in [0.2, 0.25) is 0 Å². The van der Waals surface area contributed by atoms with Gasteiger partial charge in [-0.05, 0) is 12.3 Å². The molecular weight excluding hydrogens is 132 g/mol. The molecule has 1 aliphatic rings. The Morgan fingerprint density at radius 1 is 1.60 bits per heavy atom. The molecule has 1 heterocycles. The standard InChI is InChI=1S/C5H10N2O.CH4O/c1-5-2-3-7(4-5)6-8;1-2/h5H,2-4H2,1H3;2H,1H3. The van der Waals surface area contributed by atoms with Gasteiger partial charge in [-0.15, -0.1) is 4.91 Å². The van der Waals surface area contributed by atoms with Crippen LogP contribution in [0.1, 0.15) is 13.3 Å². The van der Waals surface area contributed by atoms with Gasteiger partial charge in [-0.2, -0.15) is 0 Å². The van der Waals surface area contributed by atoms with Crippen LogP contribution in [0.3, 0.4) is 0 Å². The fourth-order valence-corrected chi connectivity index (χ4v) is 0.986. The maximum atomic E-state index is 9.83. The van der Waals surface area contributed by atoms with E-state index in [0.717, 1.165) is 26.6 Å². The molecule has 1 N–H and O–H groups in total. The normalized spacial score (nSPS) is 23.5. The summed E-state index contributed by atoms with van der Waals surface area (Å²) in [5.41, 5.74) is 0. The van der Waals surface area contributed by atoms with Crippen molar-refractivity contribution in [1.29, 1.82) is 0 Å². The molecule has 0 aromatic heterocycles. The molecule has 4 nitrogen and oxygen atoms in total. The molecule has 1 rings (SSSR count). The number of hydrogen-bond acceptors (Lipinski definition) is 3. The summed E-state index contributed by atoms with van der Waals surface area (Å²) < 4.78 is 0. The molecule has 1 aliphatic heterocycles. The van der Waals surface area contributed by atoms with Crippen molar-refractivity contribution in [1.82, 2.24) is 5.01 Å². The molecule has 0 aromatic rings. The maximum Gasteiger partial charge on any atom is 0.0524 e. The van der Waals surface area contributed by atoms with Gasteiger partial charge in [0.15, 0.2) is 0 Å². The summed E-state index contributed by atoms with van der Waals surface area (Å²) in [7, 11) is 1.00. The third-order valence-electron chi connectivity index (χ3n) is 1.52. The van der Waals surface area contributed by atoms with Crippen molar-refractivity contribution < 1.29 is 5.11 Å². The van der Waals surface area contributed by atoms with Crippen LogP contribution in [0.15, 0.2) is 5.29 Å². The molecular formula is C6H14N2O2. The first-order valence-corrected chi connectivity index (χ1v) is 3.36. The number of aliphatic hydroxyl groups is 1. The summed E-state index contributed by atoms with van der Waals surface area (Å²) in [5, 5.41) is 11.4. The second-order valence-corrected chi connectivity index (χ2v) is 2.39. The molecule has 0 aliphatic carbocycles. The number of nitrogens with zero attached hydrogens (tertiary/aromatic N) is 2. The molecule has 1 fully saturated rings. The zero-order valence-electron chi connectivity index (χ0n) is 6.45. The van der Waals surface area contributed by atoms with Crippen molar-refractivity contribution in [3.63, 3.8) is 0 Å². The number of hydrogen-bond donors (Lipinski definition) is 1. The first kappa shape index (κ1) is 9.36. The summed E-state index contributed by atoms with van der Waals surface area (Å²) in [5.74, 6) is 0.660. The molecule has 1 atom stereocenters. The van der Waals surface area contributed by atoms with E-state index >= 15 is 0 Å². The maximum absolute atomic E-state index is 9.83. The van der Waals surface area contributed by atoms with E-state index in [-0.39, 0.29) is 0 Å². The van der Waals surface area contributed by atoms with Gasteiger partial charge in [0.05, 0.1) is 5.29 Å². The lowest BCUT2D eigenvalue weighted by atomic mass is 10.2. The Kier molecular flexibility index (Phi) is 4.84. The van der Waals surface area contributed by atoms with Crippen LogP contribution in [0.5, 0.6) is 0 Å². The van der Waals surface area contributed by atoms with Crippen molar-refractivity contribution in [2.24, 2.45) is 11.2 Å². The molecule has 4 heteroatoms. The molecule has 0 radical (unpaired) electrons. The predicted molar refractivity (Wildman–Crippen MR) is 39.3 cm³/mol. The van der Waals surface area contributed by atoms with Gasteiger partial charge in [0.2, 0.25) is 0 Å². The summed E-state index contributed by atoms with van der Waals surface area (Å²) >= 11 is 0. The fourth-order valence-electron chi connectivity index (χ4n) is 0.986. The lowest BCUT2D eigenvalue weighted by molar-refractivity contribution is 0.343. The SMILES string of the molecule is CC1CCN(N=O)C1.CO. The van der Waals surface area contributed by atoms with Gasteiger partial charge in [0.25, 0.3) is 0 Å². The highest BCUT2D eigenvalue weighted by molar-refractivity contribution is 4.67. The Balaban J connectivity index is 0.000000371. The second kappa shape index (κ2) is 5.17. The van der Waals surface area contributed by atoms with E-state index in [1.807, 2.05) is 0 Å². The van der Waals surface area contributed by atoms with Crippen molar-refractivity contribution in [3.05, 3.63) is 4.91 Å². The van der Waals surface area contributed by atoms with Crippen molar-refractivity contribution in [2.75, 3.05) is 20.2 Å². The smallest absolute Gasteiger partial charge is 0.0524 e. The fraction of sp³-hybridized carbons (Fsp3) is 1.00. The van der Waals surface area contributed by atoms with E-state index in [2.05, 4.69) is 12.2 Å². The van der Waals surface area contributed by atoms with E-state index in [9.17, 15) is 4.91 Å². The van der Waals surface area contributed by atoms with Crippen LogP contribution >= 0.6 is 0 Å². The molecule has 0 amide bonds. The van der Waals surface area contributed by atoms with Crippen LogP contribution in [-0.4, -0.2) is 30.3 Å². The minimum Gasteiger partial charge on any atom is -0.400 e. The van der Waals surface area contributed by atoms with E-state index in [1.54, 1.807) is 5.01 Å². The lowest BCUT2D eigenvalue weighted by Gasteiger charge is -2.02. The quantitative estimate of drug-likeness (QED) is 0.552. The van der Waals surface area contributed by atoms with E-state index in [0.29, 0.717) is 5.92 Å². The zero-order valence-corrected chi connectivity index (χ0v) is 6.45. The van der Waals surface area contributed by atoms with Gasteiger partial charge < -0.3 is 5.11 Å². The van der Waals surface area contributed by atoms with Crippen molar-refractivity contribution in [3.8, 4) is 0 Å². The summed E-state index contributed by atoms with van der Waals surface area (Å²) in [6.45, 7) is 3.83. The second-order valence-electron chi connectivity index (χ2n) is 2.39.